The van der Waals surface area contributed by atoms with E-state index in [-0.39, 0.29) is 0 Å². The molecule has 0 spiro atoms. The SMILES string of the molecule is Cc1ccc(CNc2nc(Nc3ccc(Cl)cc3C)nc3ccccc23)cc1. The first-order chi connectivity index (χ1) is 13.6. The van der Waals surface area contributed by atoms with Crippen molar-refractivity contribution in [3.05, 3.63) is 88.4 Å². The van der Waals surface area contributed by atoms with Crippen molar-refractivity contribution in [2.75, 3.05) is 10.6 Å². The van der Waals surface area contributed by atoms with Crippen LogP contribution in [0.25, 0.3) is 10.9 Å². The second-order valence-corrected chi connectivity index (χ2v) is 7.27. The Morgan fingerprint density at radius 3 is 2.46 bits per heavy atom. The van der Waals surface area contributed by atoms with Crippen LogP contribution in [0.3, 0.4) is 0 Å². The van der Waals surface area contributed by atoms with Gasteiger partial charge in [-0.3, -0.25) is 0 Å². The summed E-state index contributed by atoms with van der Waals surface area (Å²) in [5, 5.41) is 8.48. The Hall–Kier alpha value is -3.11. The highest BCUT2D eigenvalue weighted by molar-refractivity contribution is 6.30. The molecule has 4 aromatic rings. The largest absolute Gasteiger partial charge is 0.365 e. The van der Waals surface area contributed by atoms with Crippen LogP contribution in [0.1, 0.15) is 16.7 Å². The fourth-order valence-corrected chi connectivity index (χ4v) is 3.27. The van der Waals surface area contributed by atoms with Gasteiger partial charge >= 0.3 is 0 Å². The van der Waals surface area contributed by atoms with E-state index in [9.17, 15) is 0 Å². The molecule has 4 nitrogen and oxygen atoms in total. The maximum absolute atomic E-state index is 6.06. The lowest BCUT2D eigenvalue weighted by Crippen LogP contribution is -2.06. The van der Waals surface area contributed by atoms with Crippen molar-refractivity contribution in [3.63, 3.8) is 0 Å². The van der Waals surface area contributed by atoms with Gasteiger partial charge in [-0.2, -0.15) is 4.98 Å². The average molecular weight is 389 g/mol. The van der Waals surface area contributed by atoms with E-state index >= 15 is 0 Å². The maximum atomic E-state index is 6.06. The summed E-state index contributed by atoms with van der Waals surface area (Å²) >= 11 is 6.06. The number of nitrogens with zero attached hydrogens (tertiary/aromatic N) is 2. The van der Waals surface area contributed by atoms with E-state index in [0.29, 0.717) is 17.5 Å². The lowest BCUT2D eigenvalue weighted by atomic mass is 10.1. The molecular weight excluding hydrogens is 368 g/mol. The maximum Gasteiger partial charge on any atom is 0.229 e. The smallest absolute Gasteiger partial charge is 0.229 e. The van der Waals surface area contributed by atoms with Crippen molar-refractivity contribution in [2.45, 2.75) is 20.4 Å². The van der Waals surface area contributed by atoms with Gasteiger partial charge in [0, 0.05) is 22.6 Å². The number of rotatable bonds is 5. The molecule has 3 aromatic carbocycles. The van der Waals surface area contributed by atoms with Crippen molar-refractivity contribution in [2.24, 2.45) is 0 Å². The molecule has 0 saturated heterocycles. The first-order valence-electron chi connectivity index (χ1n) is 9.18. The standard InChI is InChI=1S/C23H21ClN4/c1-15-7-9-17(10-8-15)14-25-22-19-5-3-4-6-21(19)27-23(28-22)26-20-12-11-18(24)13-16(20)2/h3-13H,14H2,1-2H3,(H2,25,26,27,28). The zero-order valence-electron chi connectivity index (χ0n) is 15.8. The van der Waals surface area contributed by atoms with Gasteiger partial charge in [0.05, 0.1) is 5.52 Å². The molecule has 1 aromatic heterocycles. The monoisotopic (exact) mass is 388 g/mol. The van der Waals surface area contributed by atoms with Crippen LogP contribution >= 0.6 is 11.6 Å². The fourth-order valence-electron chi connectivity index (χ4n) is 3.05. The molecule has 140 valence electrons. The number of halogens is 1. The topological polar surface area (TPSA) is 49.8 Å². The molecular formula is C23H21ClN4. The second-order valence-electron chi connectivity index (χ2n) is 6.84. The molecule has 0 amide bonds. The lowest BCUT2D eigenvalue weighted by Gasteiger charge is -2.13. The summed E-state index contributed by atoms with van der Waals surface area (Å²) in [4.78, 5) is 9.39. The number of benzene rings is 3. The number of fused-ring (bicyclic) bond motifs is 1. The lowest BCUT2D eigenvalue weighted by molar-refractivity contribution is 1.10. The predicted octanol–water partition coefficient (Wildman–Crippen LogP) is 6.26. The summed E-state index contributed by atoms with van der Waals surface area (Å²) in [5.74, 6) is 1.36. The van der Waals surface area contributed by atoms with Crippen molar-refractivity contribution < 1.29 is 0 Å². The van der Waals surface area contributed by atoms with Crippen molar-refractivity contribution >= 4 is 40.0 Å². The minimum absolute atomic E-state index is 0.551. The number of hydrogen-bond donors (Lipinski definition) is 2. The third-order valence-corrected chi connectivity index (χ3v) is 4.85. The number of aryl methyl sites for hydroxylation is 2. The van der Waals surface area contributed by atoms with Gasteiger partial charge in [0.15, 0.2) is 0 Å². The molecule has 28 heavy (non-hydrogen) atoms. The summed E-state index contributed by atoms with van der Waals surface area (Å²) in [7, 11) is 0. The van der Waals surface area contributed by atoms with Gasteiger partial charge in [0.1, 0.15) is 5.82 Å². The van der Waals surface area contributed by atoms with Gasteiger partial charge in [0.25, 0.3) is 0 Å². The van der Waals surface area contributed by atoms with Crippen LogP contribution in [0.5, 0.6) is 0 Å². The van der Waals surface area contributed by atoms with Crippen molar-refractivity contribution in [1.82, 2.24) is 9.97 Å². The molecule has 0 bridgehead atoms. The van der Waals surface area contributed by atoms with Crippen LogP contribution in [-0.4, -0.2) is 9.97 Å². The predicted molar refractivity (Wildman–Crippen MR) is 118 cm³/mol. The molecule has 0 atom stereocenters. The van der Waals surface area contributed by atoms with Crippen molar-refractivity contribution in [1.29, 1.82) is 0 Å². The van der Waals surface area contributed by atoms with Gasteiger partial charge in [-0.25, -0.2) is 4.98 Å². The zero-order chi connectivity index (χ0) is 19.5. The van der Waals surface area contributed by atoms with Crippen LogP contribution in [0.15, 0.2) is 66.7 Å². The molecule has 0 unspecified atom stereocenters. The molecule has 2 N–H and O–H groups in total. The van der Waals surface area contributed by atoms with E-state index in [1.165, 1.54) is 11.1 Å². The third kappa shape index (κ3) is 4.07. The van der Waals surface area contributed by atoms with Gasteiger partial charge < -0.3 is 10.6 Å². The summed E-state index contributed by atoms with van der Waals surface area (Å²) in [6.45, 7) is 4.79. The Morgan fingerprint density at radius 1 is 0.893 bits per heavy atom. The molecule has 0 aliphatic heterocycles. The first kappa shape index (κ1) is 18.3. The van der Waals surface area contributed by atoms with Gasteiger partial charge in [-0.05, 0) is 55.3 Å². The van der Waals surface area contributed by atoms with E-state index in [0.717, 1.165) is 28.0 Å². The Labute approximate surface area is 169 Å². The molecule has 0 aliphatic carbocycles. The van der Waals surface area contributed by atoms with Crippen LogP contribution < -0.4 is 10.6 Å². The van der Waals surface area contributed by atoms with Crippen LogP contribution in [-0.2, 0) is 6.54 Å². The number of aromatic nitrogens is 2. The average Bonchev–Trinajstić information content (AvgIpc) is 2.69. The molecule has 0 radical (unpaired) electrons. The zero-order valence-corrected chi connectivity index (χ0v) is 16.6. The minimum atomic E-state index is 0.551. The highest BCUT2D eigenvalue weighted by atomic mass is 35.5. The highest BCUT2D eigenvalue weighted by Gasteiger charge is 2.09. The van der Waals surface area contributed by atoms with Crippen molar-refractivity contribution in [3.8, 4) is 0 Å². The van der Waals surface area contributed by atoms with E-state index in [1.807, 2.05) is 49.4 Å². The van der Waals surface area contributed by atoms with Gasteiger partial charge in [-0.1, -0.05) is 53.6 Å². The van der Waals surface area contributed by atoms with Gasteiger partial charge in [-0.15, -0.1) is 0 Å². The normalized spacial score (nSPS) is 10.8. The van der Waals surface area contributed by atoms with Crippen LogP contribution in [0.4, 0.5) is 17.5 Å². The number of nitrogens with one attached hydrogen (secondary N) is 2. The molecule has 4 rings (SSSR count). The van der Waals surface area contributed by atoms with Crippen LogP contribution in [0.2, 0.25) is 5.02 Å². The molecule has 5 heteroatoms. The van der Waals surface area contributed by atoms with Crippen LogP contribution in [0, 0.1) is 13.8 Å². The van der Waals surface area contributed by atoms with E-state index in [2.05, 4.69) is 46.8 Å². The highest BCUT2D eigenvalue weighted by Crippen LogP contribution is 2.26. The Bertz CT molecular complexity index is 1120. The summed E-state index contributed by atoms with van der Waals surface area (Å²) in [6.07, 6.45) is 0. The second kappa shape index (κ2) is 7.87. The fraction of sp³-hybridized carbons (Fsp3) is 0.130. The summed E-state index contributed by atoms with van der Waals surface area (Å²) < 4.78 is 0. The molecule has 0 saturated carbocycles. The quantitative estimate of drug-likeness (QED) is 0.424. The summed E-state index contributed by atoms with van der Waals surface area (Å²) in [5.41, 5.74) is 5.32. The summed E-state index contributed by atoms with van der Waals surface area (Å²) in [6, 6.07) is 22.2. The number of hydrogen-bond acceptors (Lipinski definition) is 4. The Balaban J connectivity index is 1.65. The Morgan fingerprint density at radius 2 is 1.68 bits per heavy atom. The third-order valence-electron chi connectivity index (χ3n) is 4.62. The molecule has 1 heterocycles. The number of anilines is 3. The minimum Gasteiger partial charge on any atom is -0.365 e. The molecule has 0 aliphatic rings. The number of para-hydroxylation sites is 1. The first-order valence-corrected chi connectivity index (χ1v) is 9.56. The van der Waals surface area contributed by atoms with E-state index in [4.69, 9.17) is 16.6 Å². The van der Waals surface area contributed by atoms with Gasteiger partial charge in [0.2, 0.25) is 5.95 Å². The Kier molecular flexibility index (Phi) is 5.13. The van der Waals surface area contributed by atoms with E-state index < -0.39 is 0 Å². The van der Waals surface area contributed by atoms with E-state index in [1.54, 1.807) is 0 Å². The molecule has 0 fully saturated rings.